The Morgan fingerprint density at radius 1 is 1.10 bits per heavy atom. The van der Waals surface area contributed by atoms with Crippen molar-refractivity contribution < 1.29 is 19.8 Å². The molecule has 1 rings (SSSR count). The van der Waals surface area contributed by atoms with Crippen molar-refractivity contribution in [3.63, 3.8) is 0 Å². The van der Waals surface area contributed by atoms with Crippen molar-refractivity contribution in [1.82, 2.24) is 10.6 Å². The Morgan fingerprint density at radius 3 is 2.24 bits per heavy atom. The first-order valence-corrected chi connectivity index (χ1v) is 6.81. The van der Waals surface area contributed by atoms with Crippen LogP contribution in [-0.4, -0.2) is 46.8 Å². The Bertz CT molecular complexity index is 464. The molecule has 1 aromatic carbocycles. The van der Waals surface area contributed by atoms with Gasteiger partial charge in [0.05, 0.1) is 12.1 Å². The van der Waals surface area contributed by atoms with E-state index in [1.54, 1.807) is 0 Å². The number of nitrogens with one attached hydrogen (secondary N) is 2. The molecule has 0 heterocycles. The summed E-state index contributed by atoms with van der Waals surface area (Å²) in [5, 5.41) is 25.2. The Kier molecular flexibility index (Phi) is 6.84. The van der Waals surface area contributed by atoms with Gasteiger partial charge in [-0.1, -0.05) is 30.3 Å². The number of aliphatic hydroxyl groups is 2. The maximum Gasteiger partial charge on any atom is 0.217 e. The lowest BCUT2D eigenvalue weighted by Gasteiger charge is -2.27. The summed E-state index contributed by atoms with van der Waals surface area (Å²) >= 11 is 0. The summed E-state index contributed by atoms with van der Waals surface area (Å²) < 4.78 is 0. The van der Waals surface area contributed by atoms with Crippen molar-refractivity contribution in [1.29, 1.82) is 0 Å². The molecule has 0 aliphatic rings. The minimum atomic E-state index is -1.18. The zero-order valence-corrected chi connectivity index (χ0v) is 12.2. The summed E-state index contributed by atoms with van der Waals surface area (Å²) in [4.78, 5) is 22.1. The Hall–Kier alpha value is -1.92. The molecule has 0 aliphatic heterocycles. The Morgan fingerprint density at radius 2 is 1.71 bits per heavy atom. The normalized spacial score (nSPS) is 14.9. The van der Waals surface area contributed by atoms with Crippen LogP contribution in [0.2, 0.25) is 0 Å². The standard InChI is InChI=1S/C15H22N2O4/c1-10(18)16-9-14(20)15(21)13(17-11(2)19)8-12-6-4-3-5-7-12/h3-7,13-15,20-21H,8-9H2,1-2H3,(H,16,18)(H,17,19). The third-order valence-corrected chi connectivity index (χ3v) is 3.05. The second kappa shape index (κ2) is 8.39. The fraction of sp³-hybridized carbons (Fsp3) is 0.467. The van der Waals surface area contributed by atoms with Gasteiger partial charge in [0.15, 0.2) is 0 Å². The van der Waals surface area contributed by atoms with E-state index in [4.69, 9.17) is 0 Å². The van der Waals surface area contributed by atoms with Gasteiger partial charge >= 0.3 is 0 Å². The number of amides is 2. The van der Waals surface area contributed by atoms with Gasteiger partial charge in [-0.25, -0.2) is 0 Å². The van der Waals surface area contributed by atoms with Gasteiger partial charge in [0.1, 0.15) is 6.10 Å². The molecule has 3 unspecified atom stereocenters. The molecule has 0 fully saturated rings. The molecule has 6 heteroatoms. The van der Waals surface area contributed by atoms with Crippen molar-refractivity contribution in [2.24, 2.45) is 0 Å². The molecule has 0 bridgehead atoms. The first-order valence-electron chi connectivity index (χ1n) is 6.81. The van der Waals surface area contributed by atoms with E-state index in [0.29, 0.717) is 6.42 Å². The van der Waals surface area contributed by atoms with E-state index < -0.39 is 18.2 Å². The van der Waals surface area contributed by atoms with Crippen molar-refractivity contribution in [3.05, 3.63) is 35.9 Å². The molecule has 0 radical (unpaired) electrons. The highest BCUT2D eigenvalue weighted by molar-refractivity contribution is 5.73. The highest BCUT2D eigenvalue weighted by Crippen LogP contribution is 2.09. The molecule has 0 saturated carbocycles. The minimum absolute atomic E-state index is 0.0681. The first kappa shape index (κ1) is 17.1. The van der Waals surface area contributed by atoms with Gasteiger partial charge in [-0.15, -0.1) is 0 Å². The Balaban J connectivity index is 2.71. The number of carbonyl (C=O) groups excluding carboxylic acids is 2. The lowest BCUT2D eigenvalue weighted by Crippen LogP contribution is -2.52. The van der Waals surface area contributed by atoms with E-state index in [0.717, 1.165) is 5.56 Å². The van der Waals surface area contributed by atoms with Crippen molar-refractivity contribution in [3.8, 4) is 0 Å². The molecule has 3 atom stereocenters. The maximum absolute atomic E-state index is 11.3. The molecule has 0 aliphatic carbocycles. The van der Waals surface area contributed by atoms with Gasteiger partial charge in [-0.05, 0) is 12.0 Å². The van der Waals surface area contributed by atoms with Gasteiger partial charge in [0.25, 0.3) is 0 Å². The molecule has 0 saturated heterocycles. The highest BCUT2D eigenvalue weighted by Gasteiger charge is 2.27. The fourth-order valence-electron chi connectivity index (χ4n) is 2.02. The molecule has 0 aromatic heterocycles. The summed E-state index contributed by atoms with van der Waals surface area (Å²) in [6.07, 6.45) is -1.95. The fourth-order valence-corrected chi connectivity index (χ4v) is 2.02. The second-order valence-electron chi connectivity index (χ2n) is 4.99. The molecular weight excluding hydrogens is 272 g/mol. The molecule has 2 amide bonds. The lowest BCUT2D eigenvalue weighted by molar-refractivity contribution is -0.122. The van der Waals surface area contributed by atoms with Gasteiger partial charge in [0.2, 0.25) is 11.8 Å². The van der Waals surface area contributed by atoms with Crippen LogP contribution in [0.25, 0.3) is 0 Å². The summed E-state index contributed by atoms with van der Waals surface area (Å²) in [5.41, 5.74) is 0.932. The van der Waals surface area contributed by atoms with Crippen LogP contribution in [0, 0.1) is 0 Å². The van der Waals surface area contributed by atoms with Crippen molar-refractivity contribution in [2.45, 2.75) is 38.5 Å². The van der Waals surface area contributed by atoms with Crippen LogP contribution in [0.4, 0.5) is 0 Å². The van der Waals surface area contributed by atoms with E-state index in [2.05, 4.69) is 10.6 Å². The van der Waals surface area contributed by atoms with E-state index in [9.17, 15) is 19.8 Å². The quantitative estimate of drug-likeness (QED) is 0.549. The van der Waals surface area contributed by atoms with Gasteiger partial charge in [0, 0.05) is 20.4 Å². The molecular formula is C15H22N2O4. The molecule has 0 spiro atoms. The number of rotatable bonds is 7. The lowest BCUT2D eigenvalue weighted by atomic mass is 9.97. The van der Waals surface area contributed by atoms with E-state index in [-0.39, 0.29) is 18.4 Å². The highest BCUT2D eigenvalue weighted by atomic mass is 16.3. The SMILES string of the molecule is CC(=O)NCC(O)C(O)C(Cc1ccccc1)NC(C)=O. The van der Waals surface area contributed by atoms with Crippen LogP contribution in [0.1, 0.15) is 19.4 Å². The van der Waals surface area contributed by atoms with Crippen LogP contribution in [-0.2, 0) is 16.0 Å². The number of hydrogen-bond acceptors (Lipinski definition) is 4. The number of benzene rings is 1. The minimum Gasteiger partial charge on any atom is -0.388 e. The van der Waals surface area contributed by atoms with E-state index >= 15 is 0 Å². The number of aliphatic hydroxyl groups excluding tert-OH is 2. The van der Waals surface area contributed by atoms with Gasteiger partial charge in [-0.2, -0.15) is 0 Å². The zero-order chi connectivity index (χ0) is 15.8. The monoisotopic (exact) mass is 294 g/mol. The maximum atomic E-state index is 11.3. The predicted molar refractivity (Wildman–Crippen MR) is 78.4 cm³/mol. The second-order valence-corrected chi connectivity index (χ2v) is 4.99. The third kappa shape index (κ3) is 6.37. The largest absolute Gasteiger partial charge is 0.388 e. The van der Waals surface area contributed by atoms with Crippen LogP contribution >= 0.6 is 0 Å². The van der Waals surface area contributed by atoms with Crippen molar-refractivity contribution in [2.75, 3.05) is 6.54 Å². The summed E-state index contributed by atoms with van der Waals surface area (Å²) in [6.45, 7) is 2.61. The summed E-state index contributed by atoms with van der Waals surface area (Å²) in [6, 6.07) is 8.72. The topological polar surface area (TPSA) is 98.7 Å². The van der Waals surface area contributed by atoms with Crippen LogP contribution < -0.4 is 10.6 Å². The van der Waals surface area contributed by atoms with Crippen molar-refractivity contribution >= 4 is 11.8 Å². The smallest absolute Gasteiger partial charge is 0.217 e. The molecule has 116 valence electrons. The van der Waals surface area contributed by atoms with Crippen LogP contribution in [0.3, 0.4) is 0 Å². The predicted octanol–water partition coefficient (Wildman–Crippen LogP) is -0.408. The molecule has 1 aromatic rings. The number of carbonyl (C=O) groups is 2. The van der Waals surface area contributed by atoms with Gasteiger partial charge in [-0.3, -0.25) is 9.59 Å². The average molecular weight is 294 g/mol. The molecule has 6 nitrogen and oxygen atoms in total. The Labute approximate surface area is 124 Å². The van der Waals surface area contributed by atoms with Gasteiger partial charge < -0.3 is 20.8 Å². The number of hydrogen-bond donors (Lipinski definition) is 4. The molecule has 4 N–H and O–H groups in total. The van der Waals surface area contributed by atoms with Crippen LogP contribution in [0.5, 0.6) is 0 Å². The summed E-state index contributed by atoms with van der Waals surface area (Å²) in [7, 11) is 0. The molecule has 21 heavy (non-hydrogen) atoms. The zero-order valence-electron chi connectivity index (χ0n) is 12.2. The third-order valence-electron chi connectivity index (χ3n) is 3.05. The first-order chi connectivity index (χ1) is 9.90. The van der Waals surface area contributed by atoms with Crippen LogP contribution in [0.15, 0.2) is 30.3 Å². The summed E-state index contributed by atoms with van der Waals surface area (Å²) in [5.74, 6) is -0.581. The van der Waals surface area contributed by atoms with E-state index in [1.165, 1.54) is 13.8 Å². The average Bonchev–Trinajstić information content (AvgIpc) is 2.43. The van der Waals surface area contributed by atoms with E-state index in [1.807, 2.05) is 30.3 Å².